The number of rotatable bonds is 7. The van der Waals surface area contributed by atoms with Gasteiger partial charge in [0.05, 0.1) is 19.8 Å². The molecule has 0 saturated carbocycles. The van der Waals surface area contributed by atoms with Crippen LogP contribution >= 0.6 is 0 Å². The Kier molecular flexibility index (Phi) is 6.64. The number of ether oxygens (including phenoxy) is 2. The maximum atomic E-state index is 11.9. The molecule has 1 heterocycles. The van der Waals surface area contributed by atoms with Crippen LogP contribution in [0.5, 0.6) is 0 Å². The second kappa shape index (κ2) is 8.02. The number of aromatic nitrogens is 3. The summed E-state index contributed by atoms with van der Waals surface area (Å²) in [6.45, 7) is 7.02. The van der Waals surface area contributed by atoms with Gasteiger partial charge >= 0.3 is 11.9 Å². The maximum Gasteiger partial charge on any atom is 0.378 e. The van der Waals surface area contributed by atoms with Crippen LogP contribution in [-0.2, 0) is 27.2 Å². The quantitative estimate of drug-likeness (QED) is 0.650. The third-order valence-corrected chi connectivity index (χ3v) is 2.63. The second-order valence-electron chi connectivity index (χ2n) is 5.86. The Hall–Kier alpha value is -2.00. The molecule has 0 aliphatic carbocycles. The SMILES string of the molecule is CCOC(=O)c1nc(CC(N)C(=O)OC(C)(C)C)n(CCO)n1. The van der Waals surface area contributed by atoms with E-state index < -0.39 is 23.6 Å². The molecule has 9 nitrogen and oxygen atoms in total. The van der Waals surface area contributed by atoms with Crippen molar-refractivity contribution in [1.82, 2.24) is 14.8 Å². The number of hydrogen-bond donors (Lipinski definition) is 2. The number of esters is 2. The lowest BCUT2D eigenvalue weighted by atomic mass is 10.1. The molecule has 1 unspecified atom stereocenters. The highest BCUT2D eigenvalue weighted by molar-refractivity contribution is 5.85. The summed E-state index contributed by atoms with van der Waals surface area (Å²) in [5, 5.41) is 13.0. The molecule has 0 amide bonds. The van der Waals surface area contributed by atoms with E-state index in [4.69, 9.17) is 20.3 Å². The predicted molar refractivity (Wildman–Crippen MR) is 80.6 cm³/mol. The van der Waals surface area contributed by atoms with Crippen molar-refractivity contribution in [2.45, 2.75) is 52.3 Å². The summed E-state index contributed by atoms with van der Waals surface area (Å²) in [5.74, 6) is -1.07. The summed E-state index contributed by atoms with van der Waals surface area (Å²) < 4.78 is 11.4. The summed E-state index contributed by atoms with van der Waals surface area (Å²) in [6, 6.07) is -0.953. The molecule has 1 aromatic rings. The fraction of sp³-hybridized carbons (Fsp3) is 0.714. The minimum absolute atomic E-state index is 0.0291. The third kappa shape index (κ3) is 5.95. The molecule has 1 rings (SSSR count). The van der Waals surface area contributed by atoms with Gasteiger partial charge in [0.1, 0.15) is 17.5 Å². The first-order chi connectivity index (χ1) is 10.7. The Morgan fingerprint density at radius 3 is 2.57 bits per heavy atom. The Bertz CT molecular complexity index is 550. The summed E-state index contributed by atoms with van der Waals surface area (Å²) in [5.41, 5.74) is 5.18. The van der Waals surface area contributed by atoms with Gasteiger partial charge in [0.15, 0.2) is 0 Å². The molecule has 23 heavy (non-hydrogen) atoms. The zero-order chi connectivity index (χ0) is 17.6. The Morgan fingerprint density at radius 1 is 1.39 bits per heavy atom. The van der Waals surface area contributed by atoms with Crippen LogP contribution in [0.4, 0.5) is 0 Å². The van der Waals surface area contributed by atoms with Crippen LogP contribution in [0.3, 0.4) is 0 Å². The van der Waals surface area contributed by atoms with Crippen LogP contribution in [0.1, 0.15) is 44.1 Å². The van der Waals surface area contributed by atoms with Crippen molar-refractivity contribution in [2.75, 3.05) is 13.2 Å². The van der Waals surface area contributed by atoms with E-state index in [1.807, 2.05) is 0 Å². The van der Waals surface area contributed by atoms with E-state index in [2.05, 4.69) is 10.1 Å². The molecule has 0 aliphatic rings. The van der Waals surface area contributed by atoms with Crippen molar-refractivity contribution in [1.29, 1.82) is 0 Å². The van der Waals surface area contributed by atoms with E-state index in [0.29, 0.717) is 5.82 Å². The van der Waals surface area contributed by atoms with Gasteiger partial charge in [-0.3, -0.25) is 4.79 Å². The number of aliphatic hydroxyl groups excluding tert-OH is 1. The molecule has 1 aromatic heterocycles. The summed E-state index contributed by atoms with van der Waals surface area (Å²) >= 11 is 0. The summed E-state index contributed by atoms with van der Waals surface area (Å²) in [7, 11) is 0. The molecule has 0 fully saturated rings. The number of nitrogens with two attached hydrogens (primary N) is 1. The summed E-state index contributed by atoms with van der Waals surface area (Å²) in [4.78, 5) is 27.7. The highest BCUT2D eigenvalue weighted by Gasteiger charge is 2.25. The number of carbonyl (C=O) groups is 2. The number of nitrogens with zero attached hydrogens (tertiary/aromatic N) is 3. The van der Waals surface area contributed by atoms with Gasteiger partial charge in [-0.1, -0.05) is 0 Å². The van der Waals surface area contributed by atoms with Crippen LogP contribution in [0.2, 0.25) is 0 Å². The fourth-order valence-corrected chi connectivity index (χ4v) is 1.74. The van der Waals surface area contributed by atoms with E-state index in [1.54, 1.807) is 27.7 Å². The normalized spacial score (nSPS) is 12.8. The van der Waals surface area contributed by atoms with Gasteiger partial charge in [-0.25, -0.2) is 14.5 Å². The topological polar surface area (TPSA) is 130 Å². The molecule has 9 heteroatoms. The number of carbonyl (C=O) groups excluding carboxylic acids is 2. The van der Waals surface area contributed by atoms with E-state index >= 15 is 0 Å². The average molecular weight is 328 g/mol. The third-order valence-electron chi connectivity index (χ3n) is 2.63. The molecule has 0 aromatic carbocycles. The molecular weight excluding hydrogens is 304 g/mol. The van der Waals surface area contributed by atoms with Crippen LogP contribution in [0, 0.1) is 0 Å². The largest absolute Gasteiger partial charge is 0.460 e. The zero-order valence-electron chi connectivity index (χ0n) is 13.9. The highest BCUT2D eigenvalue weighted by atomic mass is 16.6. The van der Waals surface area contributed by atoms with Crippen LogP contribution < -0.4 is 5.73 Å². The molecular formula is C14H24N4O5. The average Bonchev–Trinajstić information content (AvgIpc) is 2.81. The molecule has 0 spiro atoms. The molecule has 130 valence electrons. The molecule has 0 aliphatic heterocycles. The monoisotopic (exact) mass is 328 g/mol. The van der Waals surface area contributed by atoms with E-state index in [9.17, 15) is 9.59 Å². The van der Waals surface area contributed by atoms with Crippen molar-refractivity contribution >= 4 is 11.9 Å². The maximum absolute atomic E-state index is 11.9. The highest BCUT2D eigenvalue weighted by Crippen LogP contribution is 2.10. The molecule has 0 saturated heterocycles. The van der Waals surface area contributed by atoms with E-state index in [1.165, 1.54) is 4.68 Å². The lowest BCUT2D eigenvalue weighted by molar-refractivity contribution is -0.156. The van der Waals surface area contributed by atoms with E-state index in [-0.39, 0.29) is 32.0 Å². The first-order valence-corrected chi connectivity index (χ1v) is 7.38. The summed E-state index contributed by atoms with van der Waals surface area (Å²) in [6.07, 6.45) is 0.0291. The van der Waals surface area contributed by atoms with Gasteiger partial charge in [-0.05, 0) is 27.7 Å². The van der Waals surface area contributed by atoms with Gasteiger partial charge in [0.25, 0.3) is 5.82 Å². The van der Waals surface area contributed by atoms with Crippen molar-refractivity contribution in [3.05, 3.63) is 11.6 Å². The molecule has 0 bridgehead atoms. The van der Waals surface area contributed by atoms with Crippen LogP contribution in [0.15, 0.2) is 0 Å². The predicted octanol–water partition coefficient (Wildman–Crippen LogP) is -0.341. The van der Waals surface area contributed by atoms with Gasteiger partial charge < -0.3 is 20.3 Å². The van der Waals surface area contributed by atoms with Crippen LogP contribution in [0.25, 0.3) is 0 Å². The van der Waals surface area contributed by atoms with Crippen molar-refractivity contribution < 1.29 is 24.2 Å². The lowest BCUT2D eigenvalue weighted by Gasteiger charge is -2.22. The molecule has 3 N–H and O–H groups in total. The van der Waals surface area contributed by atoms with Crippen molar-refractivity contribution in [3.8, 4) is 0 Å². The lowest BCUT2D eigenvalue weighted by Crippen LogP contribution is -2.39. The van der Waals surface area contributed by atoms with Gasteiger partial charge in [-0.15, -0.1) is 5.10 Å². The minimum atomic E-state index is -0.953. The Morgan fingerprint density at radius 2 is 2.04 bits per heavy atom. The fourth-order valence-electron chi connectivity index (χ4n) is 1.74. The minimum Gasteiger partial charge on any atom is -0.460 e. The van der Waals surface area contributed by atoms with Crippen molar-refractivity contribution in [2.24, 2.45) is 5.73 Å². The van der Waals surface area contributed by atoms with Gasteiger partial charge in [0.2, 0.25) is 0 Å². The Labute approximate surface area is 134 Å². The molecule has 0 radical (unpaired) electrons. The van der Waals surface area contributed by atoms with Gasteiger partial charge in [-0.2, -0.15) is 0 Å². The second-order valence-corrected chi connectivity index (χ2v) is 5.86. The number of hydrogen-bond acceptors (Lipinski definition) is 8. The standard InChI is InChI=1S/C14H24N4O5/c1-5-22-13(21)11-16-10(18(17-11)6-7-19)8-9(15)12(20)23-14(2,3)4/h9,19H,5-8,15H2,1-4H3. The molecule has 1 atom stereocenters. The first kappa shape index (κ1) is 19.0. The van der Waals surface area contributed by atoms with Crippen molar-refractivity contribution in [3.63, 3.8) is 0 Å². The Balaban J connectivity index is 2.89. The number of aliphatic hydroxyl groups is 1. The van der Waals surface area contributed by atoms with Crippen LogP contribution in [-0.4, -0.2) is 56.7 Å². The zero-order valence-corrected chi connectivity index (χ0v) is 13.9. The smallest absolute Gasteiger partial charge is 0.378 e. The van der Waals surface area contributed by atoms with E-state index in [0.717, 1.165) is 0 Å². The van der Waals surface area contributed by atoms with Gasteiger partial charge in [0, 0.05) is 6.42 Å². The first-order valence-electron chi connectivity index (χ1n) is 7.38.